The maximum atomic E-state index is 13.9. The first-order valence-electron chi connectivity index (χ1n) is 7.81. The Morgan fingerprint density at radius 3 is 2.56 bits per heavy atom. The van der Waals surface area contributed by atoms with Crippen molar-refractivity contribution in [2.75, 3.05) is 0 Å². The molecule has 0 spiro atoms. The second kappa shape index (κ2) is 8.17. The average molecular weight is 596 g/mol. The van der Waals surface area contributed by atoms with Crippen LogP contribution in [0.25, 0.3) is 10.9 Å². The highest BCUT2D eigenvalue weighted by molar-refractivity contribution is 14.1. The summed E-state index contributed by atoms with van der Waals surface area (Å²) in [5, 5.41) is 9.59. The smallest absolute Gasteiger partial charge is 0.323 e. The number of carboxylic acid groups (broad SMARTS) is 1. The molecule has 3 aromatic rings. The van der Waals surface area contributed by atoms with Crippen molar-refractivity contribution in [2.45, 2.75) is 19.4 Å². The van der Waals surface area contributed by atoms with Crippen molar-refractivity contribution < 1.29 is 18.7 Å². The molecule has 0 aliphatic carbocycles. The third-order valence-corrected chi connectivity index (χ3v) is 6.86. The van der Waals surface area contributed by atoms with Crippen LogP contribution in [0.1, 0.15) is 11.4 Å². The molecule has 27 heavy (non-hydrogen) atoms. The quantitative estimate of drug-likeness (QED) is 0.456. The number of carboxylic acids is 1. The lowest BCUT2D eigenvalue weighted by Gasteiger charge is -2.15. The molecule has 140 valence electrons. The predicted octanol–water partition coefficient (Wildman–Crippen LogP) is 3.75. The summed E-state index contributed by atoms with van der Waals surface area (Å²) in [6.07, 6.45) is 0.185. The first-order valence-corrected chi connectivity index (χ1v) is 9.97. The van der Waals surface area contributed by atoms with Crippen molar-refractivity contribution in [3.8, 4) is 0 Å². The van der Waals surface area contributed by atoms with E-state index in [1.54, 1.807) is 12.1 Å². The van der Waals surface area contributed by atoms with Gasteiger partial charge in [0.05, 0.1) is 10.9 Å². The Morgan fingerprint density at radius 2 is 1.85 bits per heavy atom. The SMILES string of the molecule is O=C(O)Cn1c(CCc2cccc(F)c2F)nc(=O)c2cc(I)c(I)cc21. The first-order chi connectivity index (χ1) is 12.8. The first kappa shape index (κ1) is 20.1. The maximum absolute atomic E-state index is 13.9. The largest absolute Gasteiger partial charge is 0.480 e. The number of halogens is 4. The van der Waals surface area contributed by atoms with Gasteiger partial charge in [-0.05, 0) is 75.4 Å². The lowest BCUT2D eigenvalue weighted by Crippen LogP contribution is -2.23. The van der Waals surface area contributed by atoms with Crippen LogP contribution in [0.15, 0.2) is 35.1 Å². The van der Waals surface area contributed by atoms with E-state index in [4.69, 9.17) is 0 Å². The van der Waals surface area contributed by atoms with Crippen LogP contribution in [0.4, 0.5) is 8.78 Å². The van der Waals surface area contributed by atoms with Crippen LogP contribution < -0.4 is 5.56 Å². The lowest BCUT2D eigenvalue weighted by molar-refractivity contribution is -0.137. The van der Waals surface area contributed by atoms with Crippen LogP contribution in [0.5, 0.6) is 0 Å². The van der Waals surface area contributed by atoms with Gasteiger partial charge in [-0.3, -0.25) is 9.59 Å². The van der Waals surface area contributed by atoms with Gasteiger partial charge in [-0.2, -0.15) is 4.98 Å². The molecule has 3 rings (SSSR count). The Balaban J connectivity index is 2.11. The van der Waals surface area contributed by atoms with Crippen LogP contribution in [-0.4, -0.2) is 20.6 Å². The monoisotopic (exact) mass is 596 g/mol. The zero-order chi connectivity index (χ0) is 19.7. The standard InChI is InChI=1S/C18H12F2I2N2O3/c19-11-3-1-2-9(17(11)20)4-5-15-23-18(27)10-6-12(21)13(22)7-14(10)24(15)8-16(25)26/h1-3,6-7H,4-5,8H2,(H,25,26). The van der Waals surface area contributed by atoms with Gasteiger partial charge in [0, 0.05) is 13.6 Å². The number of hydrogen-bond donors (Lipinski definition) is 1. The molecule has 0 atom stereocenters. The van der Waals surface area contributed by atoms with Gasteiger partial charge in [-0.15, -0.1) is 0 Å². The van der Waals surface area contributed by atoms with Crippen molar-refractivity contribution in [3.05, 3.63) is 70.8 Å². The van der Waals surface area contributed by atoms with E-state index in [-0.39, 0.29) is 30.8 Å². The number of hydrogen-bond acceptors (Lipinski definition) is 3. The van der Waals surface area contributed by atoms with Crippen molar-refractivity contribution >= 4 is 62.1 Å². The van der Waals surface area contributed by atoms with Crippen LogP contribution in [0, 0.1) is 18.8 Å². The lowest BCUT2D eigenvalue weighted by atomic mass is 10.1. The number of fused-ring (bicyclic) bond motifs is 1. The van der Waals surface area contributed by atoms with Crippen LogP contribution >= 0.6 is 45.2 Å². The summed E-state index contributed by atoms with van der Waals surface area (Å²) in [5.41, 5.74) is 0.121. The summed E-state index contributed by atoms with van der Waals surface area (Å²) in [5.74, 6) is -2.77. The summed E-state index contributed by atoms with van der Waals surface area (Å²) < 4.78 is 30.4. The number of nitrogens with zero attached hydrogens (tertiary/aromatic N) is 2. The summed E-state index contributed by atoms with van der Waals surface area (Å²) in [6.45, 7) is -0.387. The highest BCUT2D eigenvalue weighted by Crippen LogP contribution is 2.22. The topological polar surface area (TPSA) is 72.2 Å². The minimum absolute atomic E-state index is 0.0859. The number of rotatable bonds is 5. The molecular weight excluding hydrogens is 584 g/mol. The van der Waals surface area contributed by atoms with E-state index in [2.05, 4.69) is 50.2 Å². The Bertz CT molecular complexity index is 1120. The van der Waals surface area contributed by atoms with Crippen LogP contribution in [0.3, 0.4) is 0 Å². The Labute approximate surface area is 179 Å². The molecule has 0 fully saturated rings. The molecule has 9 heteroatoms. The van der Waals surface area contributed by atoms with E-state index < -0.39 is 23.2 Å². The summed E-state index contributed by atoms with van der Waals surface area (Å²) in [6, 6.07) is 7.27. The molecule has 2 aromatic carbocycles. The van der Waals surface area contributed by atoms with Crippen molar-refractivity contribution in [1.82, 2.24) is 9.55 Å². The van der Waals surface area contributed by atoms with Gasteiger partial charge in [0.2, 0.25) is 0 Å². The van der Waals surface area contributed by atoms with E-state index in [0.717, 1.165) is 13.2 Å². The van der Waals surface area contributed by atoms with E-state index in [0.29, 0.717) is 10.9 Å². The molecule has 0 radical (unpaired) electrons. The fourth-order valence-corrected chi connectivity index (χ4v) is 3.72. The van der Waals surface area contributed by atoms with Crippen LogP contribution in [0.2, 0.25) is 0 Å². The van der Waals surface area contributed by atoms with Gasteiger partial charge in [0.25, 0.3) is 5.56 Å². The number of benzene rings is 2. The Kier molecular flexibility index (Phi) is 6.08. The molecule has 0 amide bonds. The van der Waals surface area contributed by atoms with Crippen molar-refractivity contribution in [1.29, 1.82) is 0 Å². The number of aryl methyl sites for hydroxylation is 2. The van der Waals surface area contributed by atoms with E-state index in [9.17, 15) is 23.5 Å². The second-order valence-electron chi connectivity index (χ2n) is 5.81. The molecule has 5 nitrogen and oxygen atoms in total. The molecule has 0 unspecified atom stereocenters. The molecule has 0 aliphatic rings. The fraction of sp³-hybridized carbons (Fsp3) is 0.167. The van der Waals surface area contributed by atoms with E-state index >= 15 is 0 Å². The molecule has 0 aliphatic heterocycles. The molecule has 0 saturated carbocycles. The molecule has 1 N–H and O–H groups in total. The third-order valence-electron chi connectivity index (χ3n) is 4.04. The zero-order valence-corrected chi connectivity index (χ0v) is 18.0. The molecule has 1 heterocycles. The molecule has 0 bridgehead atoms. The average Bonchev–Trinajstić information content (AvgIpc) is 2.60. The van der Waals surface area contributed by atoms with Gasteiger partial charge in [0.1, 0.15) is 12.4 Å². The number of carbonyl (C=O) groups is 1. The van der Waals surface area contributed by atoms with Gasteiger partial charge in [-0.25, -0.2) is 8.78 Å². The predicted molar refractivity (Wildman–Crippen MR) is 113 cm³/mol. The minimum Gasteiger partial charge on any atom is -0.480 e. The number of aliphatic carboxylic acids is 1. The molecular formula is C18H12F2I2N2O3. The summed E-state index contributed by atoms with van der Waals surface area (Å²) in [7, 11) is 0. The zero-order valence-electron chi connectivity index (χ0n) is 13.7. The minimum atomic E-state index is -1.09. The van der Waals surface area contributed by atoms with E-state index in [1.165, 1.54) is 16.7 Å². The van der Waals surface area contributed by atoms with Crippen molar-refractivity contribution in [3.63, 3.8) is 0 Å². The van der Waals surface area contributed by atoms with Gasteiger partial charge >= 0.3 is 5.97 Å². The highest BCUT2D eigenvalue weighted by Gasteiger charge is 2.16. The Morgan fingerprint density at radius 1 is 1.15 bits per heavy atom. The highest BCUT2D eigenvalue weighted by atomic mass is 127. The van der Waals surface area contributed by atoms with E-state index in [1.807, 2.05) is 0 Å². The van der Waals surface area contributed by atoms with Gasteiger partial charge in [0.15, 0.2) is 11.6 Å². The van der Waals surface area contributed by atoms with Gasteiger partial charge in [-0.1, -0.05) is 12.1 Å². The fourth-order valence-electron chi connectivity index (χ4n) is 2.80. The molecule has 0 saturated heterocycles. The normalized spacial score (nSPS) is 11.1. The van der Waals surface area contributed by atoms with Gasteiger partial charge < -0.3 is 9.67 Å². The summed E-state index contributed by atoms with van der Waals surface area (Å²) in [4.78, 5) is 27.8. The number of aromatic nitrogens is 2. The van der Waals surface area contributed by atoms with Crippen LogP contribution in [-0.2, 0) is 24.2 Å². The molecule has 1 aromatic heterocycles. The summed E-state index contributed by atoms with van der Waals surface area (Å²) >= 11 is 4.19. The Hall–Kier alpha value is -1.63. The third kappa shape index (κ3) is 4.28. The second-order valence-corrected chi connectivity index (χ2v) is 8.13. The van der Waals surface area contributed by atoms with Crippen molar-refractivity contribution in [2.24, 2.45) is 0 Å². The maximum Gasteiger partial charge on any atom is 0.323 e.